The first-order valence-corrected chi connectivity index (χ1v) is 7.25. The zero-order valence-corrected chi connectivity index (χ0v) is 11.8. The van der Waals surface area contributed by atoms with E-state index >= 15 is 0 Å². The average Bonchev–Trinajstić information content (AvgIpc) is 2.80. The number of alkyl halides is 3. The maximum Gasteiger partial charge on any atom is 0.391 e. The van der Waals surface area contributed by atoms with Gasteiger partial charge in [0, 0.05) is 11.7 Å². The minimum absolute atomic E-state index is 0.0146. The van der Waals surface area contributed by atoms with Crippen molar-refractivity contribution in [3.05, 3.63) is 17.5 Å². The normalized spacial score (nSPS) is 24.0. The molecule has 2 unspecified atom stereocenters. The van der Waals surface area contributed by atoms with Gasteiger partial charge in [-0.3, -0.25) is 5.10 Å². The van der Waals surface area contributed by atoms with Crippen LogP contribution in [0.1, 0.15) is 43.4 Å². The molecule has 20 heavy (non-hydrogen) atoms. The summed E-state index contributed by atoms with van der Waals surface area (Å²) in [6, 6.07) is 0.0146. The van der Waals surface area contributed by atoms with Gasteiger partial charge < -0.3 is 5.32 Å². The molecule has 3 nitrogen and oxygen atoms in total. The molecule has 1 heterocycles. The van der Waals surface area contributed by atoms with Crippen LogP contribution in [0, 0.1) is 12.8 Å². The van der Waals surface area contributed by atoms with Crippen LogP contribution < -0.4 is 5.32 Å². The fourth-order valence-electron chi connectivity index (χ4n) is 2.89. The van der Waals surface area contributed by atoms with Gasteiger partial charge in [-0.05, 0) is 51.1 Å². The number of nitrogens with one attached hydrogen (secondary N) is 2. The van der Waals surface area contributed by atoms with Gasteiger partial charge >= 0.3 is 6.18 Å². The van der Waals surface area contributed by atoms with Crippen LogP contribution in [0.3, 0.4) is 0 Å². The second-order valence-electron chi connectivity index (χ2n) is 5.68. The number of aromatic nitrogens is 2. The van der Waals surface area contributed by atoms with Crippen molar-refractivity contribution in [2.45, 2.75) is 57.7 Å². The molecule has 1 fully saturated rings. The number of nitrogens with zero attached hydrogens (tertiary/aromatic N) is 1. The Kier molecular flexibility index (Phi) is 5.07. The fraction of sp³-hybridized carbons (Fsp3) is 0.786. The maximum atomic E-state index is 12.7. The molecule has 0 aromatic carbocycles. The Morgan fingerprint density at radius 2 is 2.20 bits per heavy atom. The highest BCUT2D eigenvalue weighted by molar-refractivity contribution is 5.14. The molecular weight excluding hydrogens is 267 g/mol. The molecule has 0 aliphatic heterocycles. The summed E-state index contributed by atoms with van der Waals surface area (Å²) in [5.74, 6) is -1.12. The third-order valence-corrected chi connectivity index (χ3v) is 4.13. The van der Waals surface area contributed by atoms with Crippen LogP contribution in [-0.4, -0.2) is 29.0 Å². The zero-order chi connectivity index (χ0) is 14.6. The monoisotopic (exact) mass is 289 g/mol. The smallest absolute Gasteiger partial charge is 0.314 e. The van der Waals surface area contributed by atoms with E-state index in [1.807, 2.05) is 13.1 Å². The number of aromatic amines is 1. The van der Waals surface area contributed by atoms with Crippen LogP contribution in [-0.2, 0) is 6.42 Å². The lowest BCUT2D eigenvalue weighted by Crippen LogP contribution is -2.39. The first kappa shape index (κ1) is 15.4. The third kappa shape index (κ3) is 4.23. The Hall–Kier alpha value is -1.04. The second-order valence-corrected chi connectivity index (χ2v) is 5.68. The van der Waals surface area contributed by atoms with E-state index in [0.717, 1.165) is 31.5 Å². The molecule has 0 bridgehead atoms. The van der Waals surface area contributed by atoms with Gasteiger partial charge in [-0.2, -0.15) is 18.3 Å². The van der Waals surface area contributed by atoms with Crippen molar-refractivity contribution < 1.29 is 13.2 Å². The standard InChI is InChI=1S/C14H22F3N3/c1-10-11(9-19-20-10)4-3-7-18-13-6-2-5-12(8-13)14(15,16)17/h9,12-13,18H,2-8H2,1H3,(H,19,20). The quantitative estimate of drug-likeness (QED) is 0.816. The number of aryl methyl sites for hydroxylation is 2. The first-order valence-electron chi connectivity index (χ1n) is 7.25. The lowest BCUT2D eigenvalue weighted by Gasteiger charge is -2.31. The van der Waals surface area contributed by atoms with Crippen LogP contribution in [0.2, 0.25) is 0 Å². The first-order chi connectivity index (χ1) is 9.47. The molecule has 1 aromatic heterocycles. The van der Waals surface area contributed by atoms with E-state index in [4.69, 9.17) is 0 Å². The highest BCUT2D eigenvalue weighted by atomic mass is 19.4. The highest BCUT2D eigenvalue weighted by Gasteiger charge is 2.41. The van der Waals surface area contributed by atoms with E-state index in [2.05, 4.69) is 15.5 Å². The summed E-state index contributed by atoms with van der Waals surface area (Å²) in [4.78, 5) is 0. The molecule has 0 amide bonds. The number of rotatable bonds is 5. The lowest BCUT2D eigenvalue weighted by molar-refractivity contribution is -0.183. The van der Waals surface area contributed by atoms with E-state index in [9.17, 15) is 13.2 Å². The molecular formula is C14H22F3N3. The number of hydrogen-bond acceptors (Lipinski definition) is 2. The molecule has 2 rings (SSSR count). The zero-order valence-electron chi connectivity index (χ0n) is 11.8. The van der Waals surface area contributed by atoms with Gasteiger partial charge in [0.1, 0.15) is 0 Å². The van der Waals surface area contributed by atoms with Crippen LogP contribution in [0.5, 0.6) is 0 Å². The van der Waals surface area contributed by atoms with Crippen molar-refractivity contribution in [1.29, 1.82) is 0 Å². The molecule has 6 heteroatoms. The molecule has 1 aliphatic carbocycles. The van der Waals surface area contributed by atoms with Gasteiger partial charge in [0.2, 0.25) is 0 Å². The summed E-state index contributed by atoms with van der Waals surface area (Å²) in [5, 5.41) is 10.1. The summed E-state index contributed by atoms with van der Waals surface area (Å²) in [6.07, 6.45) is 1.66. The van der Waals surface area contributed by atoms with Crippen molar-refractivity contribution in [3.63, 3.8) is 0 Å². The predicted octanol–water partition coefficient (Wildman–Crippen LogP) is 3.36. The van der Waals surface area contributed by atoms with E-state index in [1.54, 1.807) is 0 Å². The number of H-pyrrole nitrogens is 1. The van der Waals surface area contributed by atoms with E-state index in [1.165, 1.54) is 5.56 Å². The summed E-state index contributed by atoms with van der Waals surface area (Å²) in [5.41, 5.74) is 2.25. The molecule has 2 atom stereocenters. The topological polar surface area (TPSA) is 40.7 Å². The van der Waals surface area contributed by atoms with Crippen molar-refractivity contribution in [2.24, 2.45) is 5.92 Å². The van der Waals surface area contributed by atoms with Gasteiger partial charge in [0.15, 0.2) is 0 Å². The summed E-state index contributed by atoms with van der Waals surface area (Å²) < 4.78 is 38.1. The summed E-state index contributed by atoms with van der Waals surface area (Å²) >= 11 is 0. The summed E-state index contributed by atoms with van der Waals surface area (Å²) in [6.45, 7) is 2.74. The van der Waals surface area contributed by atoms with Crippen LogP contribution >= 0.6 is 0 Å². The minimum Gasteiger partial charge on any atom is -0.314 e. The minimum atomic E-state index is -4.03. The Balaban J connectivity index is 1.68. The number of halogens is 3. The average molecular weight is 289 g/mol. The van der Waals surface area contributed by atoms with Crippen LogP contribution in [0.4, 0.5) is 13.2 Å². The Bertz CT molecular complexity index is 414. The van der Waals surface area contributed by atoms with Gasteiger partial charge in [-0.15, -0.1) is 0 Å². The molecule has 0 spiro atoms. The molecule has 114 valence electrons. The van der Waals surface area contributed by atoms with Crippen LogP contribution in [0.25, 0.3) is 0 Å². The SMILES string of the molecule is Cc1[nH]ncc1CCCNC1CCCC(C(F)(F)F)C1. The fourth-order valence-corrected chi connectivity index (χ4v) is 2.89. The molecule has 1 saturated carbocycles. The van der Waals surface area contributed by atoms with Gasteiger partial charge in [0.25, 0.3) is 0 Å². The Labute approximate surface area is 117 Å². The van der Waals surface area contributed by atoms with Gasteiger partial charge in [-0.25, -0.2) is 0 Å². The van der Waals surface area contributed by atoms with E-state index in [-0.39, 0.29) is 18.9 Å². The molecule has 2 N–H and O–H groups in total. The van der Waals surface area contributed by atoms with Crippen LogP contribution in [0.15, 0.2) is 6.20 Å². The third-order valence-electron chi connectivity index (χ3n) is 4.13. The Morgan fingerprint density at radius 1 is 1.40 bits per heavy atom. The summed E-state index contributed by atoms with van der Waals surface area (Å²) in [7, 11) is 0. The van der Waals surface area contributed by atoms with Crippen molar-refractivity contribution in [2.75, 3.05) is 6.54 Å². The van der Waals surface area contributed by atoms with Gasteiger partial charge in [0.05, 0.1) is 12.1 Å². The van der Waals surface area contributed by atoms with E-state index in [0.29, 0.717) is 6.42 Å². The second kappa shape index (κ2) is 6.61. The lowest BCUT2D eigenvalue weighted by atomic mass is 9.85. The molecule has 1 aromatic rings. The van der Waals surface area contributed by atoms with Crippen molar-refractivity contribution in [1.82, 2.24) is 15.5 Å². The van der Waals surface area contributed by atoms with E-state index < -0.39 is 12.1 Å². The molecule has 0 radical (unpaired) electrons. The molecule has 1 aliphatic rings. The highest BCUT2D eigenvalue weighted by Crippen LogP contribution is 2.37. The van der Waals surface area contributed by atoms with Crippen molar-refractivity contribution in [3.8, 4) is 0 Å². The van der Waals surface area contributed by atoms with Gasteiger partial charge in [-0.1, -0.05) is 6.42 Å². The van der Waals surface area contributed by atoms with Crippen molar-refractivity contribution >= 4 is 0 Å². The number of hydrogen-bond donors (Lipinski definition) is 2. The predicted molar refractivity (Wildman–Crippen MR) is 71.4 cm³/mol. The maximum absolute atomic E-state index is 12.7. The largest absolute Gasteiger partial charge is 0.391 e. The molecule has 0 saturated heterocycles. The Morgan fingerprint density at radius 3 is 2.85 bits per heavy atom.